The minimum absolute atomic E-state index is 0.0736. The quantitative estimate of drug-likeness (QED) is 0.0471. The Bertz CT molecular complexity index is 531. The number of hydrogen-bond donors (Lipinski definition) is 2. The summed E-state index contributed by atoms with van der Waals surface area (Å²) < 4.78 is 3.31. The van der Waals surface area contributed by atoms with Gasteiger partial charge in [0.15, 0.2) is 0 Å². The van der Waals surface area contributed by atoms with Gasteiger partial charge in [0.25, 0.3) is 0 Å². The molecule has 0 saturated carbocycles. The molecule has 4 unspecified atom stereocenters. The van der Waals surface area contributed by atoms with Crippen LogP contribution < -0.4 is 0 Å². The molecule has 0 fully saturated rings. The zero-order chi connectivity index (χ0) is 33.1. The van der Waals surface area contributed by atoms with Crippen LogP contribution in [-0.4, -0.2) is 53.8 Å². The molecule has 0 aromatic heterocycles. The Hall–Kier alpha value is 0.499. The van der Waals surface area contributed by atoms with Crippen molar-refractivity contribution >= 4 is 56.6 Å². The molecule has 4 nitrogen and oxygen atoms in total. The van der Waals surface area contributed by atoms with E-state index >= 15 is 0 Å². The van der Waals surface area contributed by atoms with Gasteiger partial charge < -0.3 is 45.1 Å². The molecule has 2 N–H and O–H groups in total. The summed E-state index contributed by atoms with van der Waals surface area (Å²) in [5, 5.41) is 17.5. The molecule has 256 valence electrons. The van der Waals surface area contributed by atoms with Gasteiger partial charge in [0.2, 0.25) is 0 Å². The van der Waals surface area contributed by atoms with Gasteiger partial charge in [-0.25, -0.2) is 0 Å². The standard InChI is InChI=1S/2C10H20O2S.2C8H17.Sn/c2*1-3-5-6-8(4-2)7-9(11)10(12)13;2*1-3-5-7-8-6-4-2;/h2*8-9,11H,3-7H2,1-2H3,(H,12,13);2*1,3-8H2,2H3;/q;;;;+2/p-2. The first-order valence-corrected chi connectivity index (χ1v) is 23.0. The summed E-state index contributed by atoms with van der Waals surface area (Å²) in [6, 6.07) is 0. The fourth-order valence-electron chi connectivity index (χ4n) is 4.97. The van der Waals surface area contributed by atoms with E-state index in [4.69, 9.17) is 0 Å². The van der Waals surface area contributed by atoms with Crippen LogP contribution in [0.3, 0.4) is 0 Å². The average molecular weight is 752 g/mol. The molecule has 0 rings (SSSR count). The molecule has 0 saturated heterocycles. The number of rotatable bonds is 28. The maximum absolute atomic E-state index is 10.6. The van der Waals surface area contributed by atoms with E-state index in [1.54, 1.807) is 21.7 Å². The Morgan fingerprint density at radius 1 is 0.512 bits per heavy atom. The number of carbonyl (C=O) groups excluding carboxylic acids is 2. The summed E-state index contributed by atoms with van der Waals surface area (Å²) in [4.78, 5) is 21.3. The van der Waals surface area contributed by atoms with Crippen molar-refractivity contribution in [2.75, 3.05) is 0 Å². The van der Waals surface area contributed by atoms with Crippen LogP contribution in [0.5, 0.6) is 0 Å². The third kappa shape index (κ3) is 38.6. The SMILES string of the molecule is CCCCC(CC)CC(O)C(=O)[S-].CCCCC(CC)CC(O)C(=O)[S-].CCCCCCC[CH2][Sn+2][CH2]CCCCCCC. The molecule has 0 amide bonds. The zero-order valence-electron chi connectivity index (χ0n) is 29.3. The molecule has 0 radical (unpaired) electrons. The van der Waals surface area contributed by atoms with Crippen molar-refractivity contribution in [1.29, 1.82) is 0 Å². The van der Waals surface area contributed by atoms with Crippen molar-refractivity contribution in [3.8, 4) is 0 Å². The first-order valence-electron chi connectivity index (χ1n) is 18.1. The number of aliphatic hydroxyl groups excluding tert-OH is 2. The fraction of sp³-hybridized carbons (Fsp3) is 0.944. The van der Waals surface area contributed by atoms with Crippen LogP contribution in [0.25, 0.3) is 0 Å². The van der Waals surface area contributed by atoms with E-state index in [1.807, 2.05) is 0 Å². The van der Waals surface area contributed by atoms with Gasteiger partial charge >= 0.3 is 121 Å². The molecule has 43 heavy (non-hydrogen) atoms. The third-order valence-corrected chi connectivity index (χ3v) is 12.7. The van der Waals surface area contributed by atoms with Gasteiger partial charge in [-0.1, -0.05) is 79.1 Å². The summed E-state index contributed by atoms with van der Waals surface area (Å²) in [7, 11) is 0. The predicted molar refractivity (Wildman–Crippen MR) is 195 cm³/mol. The van der Waals surface area contributed by atoms with Crippen LogP contribution in [0.1, 0.15) is 183 Å². The van der Waals surface area contributed by atoms with Crippen LogP contribution in [0.15, 0.2) is 0 Å². The Balaban J connectivity index is -0.000000566. The Morgan fingerprint density at radius 3 is 1.09 bits per heavy atom. The van der Waals surface area contributed by atoms with Gasteiger partial charge in [0.1, 0.15) is 0 Å². The first-order chi connectivity index (χ1) is 20.6. The molecule has 0 heterocycles. The van der Waals surface area contributed by atoms with Crippen molar-refractivity contribution in [2.24, 2.45) is 11.8 Å². The van der Waals surface area contributed by atoms with Crippen LogP contribution in [0.4, 0.5) is 0 Å². The monoisotopic (exact) mass is 752 g/mol. The van der Waals surface area contributed by atoms with E-state index in [9.17, 15) is 19.8 Å². The van der Waals surface area contributed by atoms with Crippen molar-refractivity contribution in [3.05, 3.63) is 0 Å². The molecular formula is C36H72O4S2Sn. The molecule has 0 spiro atoms. The van der Waals surface area contributed by atoms with Gasteiger partial charge in [-0.15, -0.1) is 0 Å². The number of carbonyl (C=O) groups is 2. The summed E-state index contributed by atoms with van der Waals surface area (Å²) in [5.74, 6) is 0.892. The first kappa shape index (κ1) is 47.9. The van der Waals surface area contributed by atoms with E-state index in [0.29, 0.717) is 24.7 Å². The van der Waals surface area contributed by atoms with Gasteiger partial charge in [-0.3, -0.25) is 0 Å². The molecule has 7 heteroatoms. The van der Waals surface area contributed by atoms with Gasteiger partial charge in [0, 0.05) is 10.2 Å². The third-order valence-electron chi connectivity index (χ3n) is 8.16. The van der Waals surface area contributed by atoms with Crippen molar-refractivity contribution in [1.82, 2.24) is 0 Å². The summed E-state index contributed by atoms with van der Waals surface area (Å²) >= 11 is 8.86. The van der Waals surface area contributed by atoms with Gasteiger partial charge in [-0.05, 0) is 24.7 Å². The van der Waals surface area contributed by atoms with Crippen LogP contribution >= 0.6 is 0 Å². The molecule has 0 aromatic rings. The second-order valence-corrected chi connectivity index (χ2v) is 17.3. The molecule has 0 aliphatic rings. The summed E-state index contributed by atoms with van der Waals surface area (Å²) in [6.45, 7) is 13.1. The average Bonchev–Trinajstić information content (AvgIpc) is 3.00. The molecule has 0 aliphatic carbocycles. The topological polar surface area (TPSA) is 74.6 Å². The van der Waals surface area contributed by atoms with Gasteiger partial charge in [0.05, 0.1) is 12.2 Å². The summed E-state index contributed by atoms with van der Waals surface area (Å²) in [5.41, 5.74) is 0. The van der Waals surface area contributed by atoms with Crippen LogP contribution in [-0.2, 0) is 34.8 Å². The van der Waals surface area contributed by atoms with Crippen molar-refractivity contribution < 1.29 is 19.8 Å². The number of hydrogen-bond acceptors (Lipinski definition) is 6. The molecule has 0 aromatic carbocycles. The van der Waals surface area contributed by atoms with Crippen molar-refractivity contribution in [2.45, 2.75) is 204 Å². The molecule has 4 atom stereocenters. The predicted octanol–water partition coefficient (Wildman–Crippen LogP) is 10.3. The van der Waals surface area contributed by atoms with E-state index in [1.165, 1.54) is 64.2 Å². The summed E-state index contributed by atoms with van der Waals surface area (Å²) in [6.07, 6.45) is 25.9. The fourth-order valence-corrected chi connectivity index (χ4v) is 8.73. The number of unbranched alkanes of at least 4 members (excludes halogenated alkanes) is 12. The van der Waals surface area contributed by atoms with Crippen LogP contribution in [0, 0.1) is 11.8 Å². The van der Waals surface area contributed by atoms with Crippen molar-refractivity contribution in [3.63, 3.8) is 0 Å². The van der Waals surface area contributed by atoms with E-state index < -0.39 is 22.4 Å². The minimum atomic E-state index is -0.920. The molecular weight excluding hydrogens is 679 g/mol. The number of aliphatic hydroxyl groups is 2. The maximum atomic E-state index is 10.6. The normalized spacial score (nSPS) is 13.4. The second-order valence-electron chi connectivity index (χ2n) is 12.3. The van der Waals surface area contributed by atoms with E-state index in [2.05, 4.69) is 66.8 Å². The van der Waals surface area contributed by atoms with E-state index in [-0.39, 0.29) is 21.1 Å². The van der Waals surface area contributed by atoms with Gasteiger partial charge in [-0.2, -0.15) is 0 Å². The molecule has 0 bridgehead atoms. The Labute approximate surface area is 290 Å². The second kappa shape index (κ2) is 38.7. The zero-order valence-corrected chi connectivity index (χ0v) is 33.8. The Kier molecular flexibility index (Phi) is 43.1. The Morgan fingerprint density at radius 2 is 0.814 bits per heavy atom. The van der Waals surface area contributed by atoms with E-state index in [0.717, 1.165) is 51.4 Å². The molecule has 0 aliphatic heterocycles. The van der Waals surface area contributed by atoms with Crippen LogP contribution in [0.2, 0.25) is 8.87 Å².